The molecule has 37 heavy (non-hydrogen) atoms. The average Bonchev–Trinajstić information content (AvgIpc) is 3.08. The molecule has 3 rings (SSSR count). The Bertz CT molecular complexity index is 1250. The van der Waals surface area contributed by atoms with E-state index < -0.39 is 62.0 Å². The van der Waals surface area contributed by atoms with E-state index in [-0.39, 0.29) is 11.6 Å². The van der Waals surface area contributed by atoms with Gasteiger partial charge in [0.05, 0.1) is 12.7 Å². The molecule has 0 radical (unpaired) electrons. The summed E-state index contributed by atoms with van der Waals surface area (Å²) < 4.78 is 37.1. The van der Waals surface area contributed by atoms with Crippen LogP contribution in [0.15, 0.2) is 47.4 Å². The Balaban J connectivity index is 1.83. The highest BCUT2D eigenvalue weighted by Gasteiger charge is 2.54. The Hall–Kier alpha value is -3.20. The van der Waals surface area contributed by atoms with Gasteiger partial charge in [0.25, 0.3) is 0 Å². The van der Waals surface area contributed by atoms with Gasteiger partial charge in [0.15, 0.2) is 6.23 Å². The molecule has 0 bridgehead atoms. The molecule has 2 heterocycles. The number of nitrogens with zero attached hydrogens (tertiary/aromatic N) is 2. The number of hydrogen-bond acceptors (Lipinski definition) is 10. The maximum absolute atomic E-state index is 13.7. The number of rotatable bonds is 10. The number of terminal acetylenes is 1. The first kappa shape index (κ1) is 28.4. The number of carbonyl (C=O) groups excluding carboxylic acids is 1. The number of aliphatic hydroxyl groups is 1. The Morgan fingerprint density at radius 3 is 2.62 bits per heavy atom. The van der Waals surface area contributed by atoms with Crippen LogP contribution in [0.2, 0.25) is 0 Å². The molecule has 1 saturated heterocycles. The summed E-state index contributed by atoms with van der Waals surface area (Å²) in [5.74, 6) is 2.04. The van der Waals surface area contributed by atoms with Gasteiger partial charge in [0.1, 0.15) is 35.2 Å². The number of esters is 1. The SMILES string of the molecule is C#C[C@]1(C)[C@H](O)[C@@H](COP(=O)(N[C@@H](C)C(=O)OC(C)C)Oc2ccccc2)O[C@H]1n1ccc(N)nc1=O. The van der Waals surface area contributed by atoms with E-state index in [4.69, 9.17) is 30.7 Å². The number of hydrogen-bond donors (Lipinski definition) is 3. The summed E-state index contributed by atoms with van der Waals surface area (Å²) in [4.78, 5) is 28.4. The van der Waals surface area contributed by atoms with Crippen molar-refractivity contribution in [1.82, 2.24) is 14.6 Å². The van der Waals surface area contributed by atoms with Gasteiger partial charge in [-0.1, -0.05) is 24.1 Å². The molecule has 1 aliphatic rings. The Labute approximate surface area is 214 Å². The van der Waals surface area contributed by atoms with Gasteiger partial charge in [-0.2, -0.15) is 10.1 Å². The number of nitrogens with one attached hydrogen (secondary N) is 1. The zero-order chi connectivity index (χ0) is 27.4. The molecule has 0 spiro atoms. The van der Waals surface area contributed by atoms with Crippen molar-refractivity contribution >= 4 is 19.5 Å². The summed E-state index contributed by atoms with van der Waals surface area (Å²) in [6.45, 7) is 5.88. The largest absolute Gasteiger partial charge is 0.462 e. The molecule has 12 nitrogen and oxygen atoms in total. The van der Waals surface area contributed by atoms with Crippen LogP contribution < -0.4 is 21.0 Å². The van der Waals surface area contributed by atoms with E-state index in [1.807, 2.05) is 0 Å². The van der Waals surface area contributed by atoms with E-state index in [0.29, 0.717) is 0 Å². The quantitative estimate of drug-likeness (QED) is 0.231. The third-order valence-corrected chi connectivity index (χ3v) is 7.28. The highest BCUT2D eigenvalue weighted by Crippen LogP contribution is 2.48. The second kappa shape index (κ2) is 11.5. The molecule has 1 unspecified atom stereocenters. The number of para-hydroxylation sites is 1. The van der Waals surface area contributed by atoms with Gasteiger partial charge in [-0.05, 0) is 45.9 Å². The van der Waals surface area contributed by atoms with Gasteiger partial charge in [-0.3, -0.25) is 13.9 Å². The number of aromatic nitrogens is 2. The number of nitrogens with two attached hydrogens (primary N) is 1. The van der Waals surface area contributed by atoms with Crippen LogP contribution in [0, 0.1) is 17.8 Å². The molecule has 200 valence electrons. The fourth-order valence-corrected chi connectivity index (χ4v) is 5.17. The number of benzene rings is 1. The van der Waals surface area contributed by atoms with Crippen molar-refractivity contribution in [2.75, 3.05) is 12.3 Å². The third kappa shape index (κ3) is 6.57. The summed E-state index contributed by atoms with van der Waals surface area (Å²) in [5, 5.41) is 13.6. The average molecular weight is 535 g/mol. The minimum Gasteiger partial charge on any atom is -0.462 e. The fraction of sp³-hybridized carbons (Fsp3) is 0.458. The normalized spacial score (nSPS) is 25.7. The van der Waals surface area contributed by atoms with Crippen molar-refractivity contribution in [2.24, 2.45) is 5.41 Å². The van der Waals surface area contributed by atoms with Gasteiger partial charge < -0.3 is 24.8 Å². The van der Waals surface area contributed by atoms with Gasteiger partial charge in [-0.25, -0.2) is 9.36 Å². The Morgan fingerprint density at radius 2 is 2.03 bits per heavy atom. The first-order valence-corrected chi connectivity index (χ1v) is 13.1. The molecule has 6 atom stereocenters. The van der Waals surface area contributed by atoms with Crippen LogP contribution in [0.4, 0.5) is 5.82 Å². The Kier molecular flexibility index (Phi) is 8.79. The predicted molar refractivity (Wildman–Crippen MR) is 134 cm³/mol. The number of anilines is 1. The number of nitrogen functional groups attached to an aromatic ring is 1. The van der Waals surface area contributed by atoms with Crippen LogP contribution in [0.3, 0.4) is 0 Å². The molecule has 0 amide bonds. The third-order valence-electron chi connectivity index (χ3n) is 5.63. The van der Waals surface area contributed by atoms with E-state index in [9.17, 15) is 19.3 Å². The second-order valence-corrected chi connectivity index (χ2v) is 10.7. The highest BCUT2D eigenvalue weighted by atomic mass is 31.2. The zero-order valence-electron chi connectivity index (χ0n) is 20.9. The zero-order valence-corrected chi connectivity index (χ0v) is 21.8. The van der Waals surface area contributed by atoms with Crippen LogP contribution in [-0.4, -0.2) is 51.6 Å². The fourth-order valence-electron chi connectivity index (χ4n) is 3.67. The molecular weight excluding hydrogens is 503 g/mol. The van der Waals surface area contributed by atoms with Crippen LogP contribution in [0.25, 0.3) is 0 Å². The van der Waals surface area contributed by atoms with Crippen LogP contribution >= 0.6 is 7.75 Å². The van der Waals surface area contributed by atoms with E-state index in [1.54, 1.807) is 44.2 Å². The van der Waals surface area contributed by atoms with Crippen LogP contribution in [0.5, 0.6) is 5.75 Å². The topological polar surface area (TPSA) is 164 Å². The first-order chi connectivity index (χ1) is 17.4. The van der Waals surface area contributed by atoms with E-state index in [1.165, 1.54) is 26.1 Å². The van der Waals surface area contributed by atoms with Gasteiger partial charge in [-0.15, -0.1) is 6.42 Å². The van der Waals surface area contributed by atoms with E-state index >= 15 is 0 Å². The minimum atomic E-state index is -4.22. The maximum atomic E-state index is 13.7. The first-order valence-electron chi connectivity index (χ1n) is 11.5. The molecule has 4 N–H and O–H groups in total. The number of ether oxygens (including phenoxy) is 2. The summed E-state index contributed by atoms with van der Waals surface area (Å²) in [7, 11) is -4.22. The predicted octanol–water partition coefficient (Wildman–Crippen LogP) is 1.86. The van der Waals surface area contributed by atoms with Crippen molar-refractivity contribution < 1.29 is 33.0 Å². The molecular formula is C24H31N4O8P. The van der Waals surface area contributed by atoms with E-state index in [0.717, 1.165) is 4.57 Å². The monoisotopic (exact) mass is 534 g/mol. The van der Waals surface area contributed by atoms with Crippen molar-refractivity contribution in [3.8, 4) is 18.1 Å². The summed E-state index contributed by atoms with van der Waals surface area (Å²) in [6, 6.07) is 8.52. The lowest BCUT2D eigenvalue weighted by Gasteiger charge is -2.28. The molecule has 1 fully saturated rings. The second-order valence-electron chi connectivity index (χ2n) is 8.98. The maximum Gasteiger partial charge on any atom is 0.459 e. The lowest BCUT2D eigenvalue weighted by atomic mass is 9.83. The molecule has 1 aromatic carbocycles. The summed E-state index contributed by atoms with van der Waals surface area (Å²) >= 11 is 0. The van der Waals surface area contributed by atoms with E-state index in [2.05, 4.69) is 16.0 Å². The van der Waals surface area contributed by atoms with Gasteiger partial charge >= 0.3 is 19.4 Å². The smallest absolute Gasteiger partial charge is 0.459 e. The molecule has 1 aromatic heterocycles. The summed E-state index contributed by atoms with van der Waals surface area (Å²) in [6.07, 6.45) is 3.11. The Morgan fingerprint density at radius 1 is 1.35 bits per heavy atom. The molecule has 1 aliphatic heterocycles. The van der Waals surface area contributed by atoms with Gasteiger partial charge in [0.2, 0.25) is 0 Å². The molecule has 13 heteroatoms. The van der Waals surface area contributed by atoms with Crippen molar-refractivity contribution in [1.29, 1.82) is 0 Å². The van der Waals surface area contributed by atoms with Crippen molar-refractivity contribution in [2.45, 2.75) is 58.3 Å². The molecule has 0 aliphatic carbocycles. The number of aliphatic hydroxyl groups excluding tert-OH is 1. The van der Waals surface area contributed by atoms with Crippen LogP contribution in [0.1, 0.15) is 33.9 Å². The standard InChI is InChI=1S/C24H31N4O8P/c1-6-24(5)20(29)18(35-22(24)28-13-12-19(25)26-23(28)31)14-33-37(32,36-17-10-8-7-9-11-17)27-16(4)21(30)34-15(2)3/h1,7-13,15-16,18,20,22,29H,14H2,2-5H3,(H,27,32)(H2,25,26,31)/t16-,18+,20+,22+,24+,37?/m0/s1. The summed E-state index contributed by atoms with van der Waals surface area (Å²) in [5.41, 5.74) is 3.47. The molecule has 2 aromatic rings. The van der Waals surface area contributed by atoms with Crippen LogP contribution in [-0.2, 0) is 23.4 Å². The lowest BCUT2D eigenvalue weighted by Crippen LogP contribution is -2.40. The van der Waals surface area contributed by atoms with Gasteiger partial charge in [0, 0.05) is 6.20 Å². The highest BCUT2D eigenvalue weighted by molar-refractivity contribution is 7.52. The molecule has 0 saturated carbocycles. The van der Waals surface area contributed by atoms with Crippen molar-refractivity contribution in [3.63, 3.8) is 0 Å². The number of carbonyl (C=O) groups is 1. The van der Waals surface area contributed by atoms with Crippen molar-refractivity contribution in [3.05, 3.63) is 53.1 Å². The minimum absolute atomic E-state index is 0.0114. The lowest BCUT2D eigenvalue weighted by molar-refractivity contribution is -0.149.